The van der Waals surface area contributed by atoms with Crippen molar-refractivity contribution in [2.24, 2.45) is 4.99 Å². The molecule has 2 aliphatic heterocycles. The lowest BCUT2D eigenvalue weighted by Gasteiger charge is -2.34. The van der Waals surface area contributed by atoms with Crippen molar-refractivity contribution in [2.45, 2.75) is 50.3 Å². The van der Waals surface area contributed by atoms with E-state index in [1.54, 1.807) is 0 Å². The first-order chi connectivity index (χ1) is 14.2. The van der Waals surface area contributed by atoms with Gasteiger partial charge < -0.3 is 19.9 Å². The van der Waals surface area contributed by atoms with E-state index in [4.69, 9.17) is 9.73 Å². The molecule has 1 aromatic carbocycles. The summed E-state index contributed by atoms with van der Waals surface area (Å²) in [6.07, 6.45) is 8.38. The topological polar surface area (TPSA) is 40.1 Å². The van der Waals surface area contributed by atoms with Gasteiger partial charge in [-0.3, -0.25) is 4.99 Å². The Morgan fingerprint density at radius 2 is 1.83 bits per heavy atom. The highest BCUT2D eigenvalue weighted by Gasteiger charge is 2.31. The molecule has 7 heteroatoms. The Hall–Kier alpha value is -0.670. The molecule has 5 nitrogen and oxygen atoms in total. The second-order valence-electron chi connectivity index (χ2n) is 8.24. The van der Waals surface area contributed by atoms with Crippen LogP contribution < -0.4 is 10.2 Å². The van der Waals surface area contributed by atoms with Crippen LogP contribution >= 0.6 is 35.7 Å². The zero-order chi connectivity index (χ0) is 20.5. The minimum Gasteiger partial charge on any atom is -0.381 e. The van der Waals surface area contributed by atoms with Gasteiger partial charge in [0.1, 0.15) is 0 Å². The highest BCUT2D eigenvalue weighted by molar-refractivity contribution is 14.0. The second kappa shape index (κ2) is 13.0. The predicted molar refractivity (Wildman–Crippen MR) is 142 cm³/mol. The second-order valence-corrected chi connectivity index (χ2v) is 9.51. The van der Waals surface area contributed by atoms with Crippen LogP contribution in [0.5, 0.6) is 0 Å². The van der Waals surface area contributed by atoms with Crippen LogP contribution in [0.1, 0.15) is 44.6 Å². The average Bonchev–Trinajstić information content (AvgIpc) is 2.78. The summed E-state index contributed by atoms with van der Waals surface area (Å²) in [5.41, 5.74) is 2.68. The minimum atomic E-state index is 0. The Kier molecular flexibility index (Phi) is 11.1. The van der Waals surface area contributed by atoms with Crippen LogP contribution in [0.15, 0.2) is 29.3 Å². The molecule has 0 unspecified atom stereocenters. The molecule has 170 valence electrons. The van der Waals surface area contributed by atoms with Gasteiger partial charge in [0, 0.05) is 56.9 Å². The zero-order valence-corrected chi connectivity index (χ0v) is 22.0. The van der Waals surface area contributed by atoms with Crippen LogP contribution in [0.25, 0.3) is 0 Å². The monoisotopic (exact) mass is 546 g/mol. The van der Waals surface area contributed by atoms with Gasteiger partial charge in [-0.15, -0.1) is 24.0 Å². The highest BCUT2D eigenvalue weighted by atomic mass is 127. The van der Waals surface area contributed by atoms with E-state index >= 15 is 0 Å². The predicted octanol–water partition coefficient (Wildman–Crippen LogP) is 4.60. The van der Waals surface area contributed by atoms with Crippen LogP contribution in [0.4, 0.5) is 5.69 Å². The standard InChI is InChI=1S/C23H38N4OS.HI/c1-4-24-22(25-19-23(29-3)12-16-28-17-13-23)26(2)18-20-8-10-21(11-9-20)27-14-6-5-7-15-27;/h8-11H,4-7,12-19H2,1-3H3,(H,24,25);1H. The summed E-state index contributed by atoms with van der Waals surface area (Å²) in [5, 5.41) is 3.47. The van der Waals surface area contributed by atoms with E-state index < -0.39 is 0 Å². The van der Waals surface area contributed by atoms with Gasteiger partial charge in [-0.2, -0.15) is 11.8 Å². The van der Waals surface area contributed by atoms with E-state index in [2.05, 4.69) is 59.6 Å². The Bertz CT molecular complexity index is 643. The maximum absolute atomic E-state index is 5.57. The maximum Gasteiger partial charge on any atom is 0.194 e. The number of benzene rings is 1. The van der Waals surface area contributed by atoms with Crippen LogP contribution in [-0.2, 0) is 11.3 Å². The molecule has 2 heterocycles. The average molecular weight is 547 g/mol. The van der Waals surface area contributed by atoms with Crippen molar-refractivity contribution in [2.75, 3.05) is 57.6 Å². The van der Waals surface area contributed by atoms with Crippen molar-refractivity contribution >= 4 is 47.4 Å². The molecule has 2 saturated heterocycles. The molecular formula is C23H39IN4OS. The van der Waals surface area contributed by atoms with Gasteiger partial charge in [0.15, 0.2) is 5.96 Å². The van der Waals surface area contributed by atoms with E-state index in [-0.39, 0.29) is 28.7 Å². The van der Waals surface area contributed by atoms with Gasteiger partial charge in [-0.1, -0.05) is 12.1 Å². The van der Waals surface area contributed by atoms with E-state index in [0.717, 1.165) is 51.6 Å². The fourth-order valence-electron chi connectivity index (χ4n) is 4.17. The molecule has 0 atom stereocenters. The molecule has 30 heavy (non-hydrogen) atoms. The van der Waals surface area contributed by atoms with E-state index in [9.17, 15) is 0 Å². The van der Waals surface area contributed by atoms with Crippen LogP contribution in [0, 0.1) is 0 Å². The summed E-state index contributed by atoms with van der Waals surface area (Å²) in [6.45, 7) is 8.82. The molecule has 0 radical (unpaired) electrons. The lowest BCUT2D eigenvalue weighted by molar-refractivity contribution is 0.0793. The molecule has 0 aliphatic carbocycles. The van der Waals surface area contributed by atoms with Gasteiger partial charge in [0.05, 0.1) is 6.54 Å². The summed E-state index contributed by atoms with van der Waals surface area (Å²) in [5.74, 6) is 0.993. The number of ether oxygens (including phenoxy) is 1. The van der Waals surface area contributed by atoms with Crippen LogP contribution in [-0.4, -0.2) is 68.3 Å². The van der Waals surface area contributed by atoms with Crippen molar-refractivity contribution in [1.82, 2.24) is 10.2 Å². The molecule has 1 N–H and O–H groups in total. The minimum absolute atomic E-state index is 0. The maximum atomic E-state index is 5.57. The molecule has 1 aromatic rings. The number of rotatable bonds is 7. The highest BCUT2D eigenvalue weighted by Crippen LogP contribution is 2.34. The number of aliphatic imine (C=N–C) groups is 1. The molecule has 0 amide bonds. The third kappa shape index (κ3) is 7.19. The number of guanidine groups is 1. The number of piperidine rings is 1. The molecule has 0 aromatic heterocycles. The number of hydrogen-bond acceptors (Lipinski definition) is 4. The van der Waals surface area contributed by atoms with Crippen molar-refractivity contribution in [3.05, 3.63) is 29.8 Å². The molecule has 0 bridgehead atoms. The van der Waals surface area contributed by atoms with Gasteiger partial charge in [0.25, 0.3) is 0 Å². The van der Waals surface area contributed by atoms with Crippen LogP contribution in [0.3, 0.4) is 0 Å². The number of halogens is 1. The summed E-state index contributed by atoms with van der Waals surface area (Å²) in [4.78, 5) is 9.77. The quantitative estimate of drug-likeness (QED) is 0.308. The largest absolute Gasteiger partial charge is 0.381 e. The zero-order valence-electron chi connectivity index (χ0n) is 18.9. The first kappa shape index (κ1) is 25.6. The number of nitrogens with zero attached hydrogens (tertiary/aromatic N) is 3. The first-order valence-electron chi connectivity index (χ1n) is 11.1. The molecule has 3 rings (SSSR count). The Morgan fingerprint density at radius 1 is 1.17 bits per heavy atom. The lowest BCUT2D eigenvalue weighted by atomic mass is 9.99. The van der Waals surface area contributed by atoms with Gasteiger partial charge in [-0.25, -0.2) is 0 Å². The van der Waals surface area contributed by atoms with Crippen molar-refractivity contribution in [3.8, 4) is 0 Å². The third-order valence-electron chi connectivity index (χ3n) is 6.13. The number of anilines is 1. The van der Waals surface area contributed by atoms with E-state index in [1.165, 1.54) is 43.6 Å². The van der Waals surface area contributed by atoms with Gasteiger partial charge >= 0.3 is 0 Å². The Morgan fingerprint density at radius 3 is 2.43 bits per heavy atom. The molecular weight excluding hydrogens is 507 g/mol. The van der Waals surface area contributed by atoms with E-state index in [1.807, 2.05) is 11.8 Å². The molecule has 0 spiro atoms. The number of nitrogens with one attached hydrogen (secondary N) is 1. The Balaban J connectivity index is 0.00000320. The van der Waals surface area contributed by atoms with E-state index in [0.29, 0.717) is 0 Å². The summed E-state index contributed by atoms with van der Waals surface area (Å²) >= 11 is 1.95. The fourth-order valence-corrected chi connectivity index (χ4v) is 4.94. The number of hydrogen-bond donors (Lipinski definition) is 1. The van der Waals surface area contributed by atoms with Crippen LogP contribution in [0.2, 0.25) is 0 Å². The normalized spacial score (nSPS) is 19.2. The summed E-state index contributed by atoms with van der Waals surface area (Å²) < 4.78 is 5.79. The molecule has 2 fully saturated rings. The SMILES string of the molecule is CCNC(=NCC1(SC)CCOCC1)N(C)Cc1ccc(N2CCCCC2)cc1.I. The molecule has 0 saturated carbocycles. The van der Waals surface area contributed by atoms with Gasteiger partial charge in [-0.05, 0) is 63.0 Å². The lowest BCUT2D eigenvalue weighted by Crippen LogP contribution is -2.41. The van der Waals surface area contributed by atoms with Gasteiger partial charge in [0.2, 0.25) is 0 Å². The summed E-state index contributed by atoms with van der Waals surface area (Å²) in [7, 11) is 2.13. The van der Waals surface area contributed by atoms with Crippen molar-refractivity contribution < 1.29 is 4.74 Å². The fraction of sp³-hybridized carbons (Fsp3) is 0.696. The molecule has 2 aliphatic rings. The first-order valence-corrected chi connectivity index (χ1v) is 12.3. The smallest absolute Gasteiger partial charge is 0.194 e. The summed E-state index contributed by atoms with van der Waals surface area (Å²) in [6, 6.07) is 9.10. The number of thioether (sulfide) groups is 1. The van der Waals surface area contributed by atoms with Crippen molar-refractivity contribution in [1.29, 1.82) is 0 Å². The van der Waals surface area contributed by atoms with Crippen molar-refractivity contribution in [3.63, 3.8) is 0 Å². The third-order valence-corrected chi connectivity index (χ3v) is 7.53. The Labute approximate surface area is 204 Å².